The molecule has 1 atom stereocenters. The Kier molecular flexibility index (Phi) is 6.17. The van der Waals surface area contributed by atoms with Crippen molar-refractivity contribution in [1.82, 2.24) is 5.32 Å². The van der Waals surface area contributed by atoms with Crippen molar-refractivity contribution in [2.75, 3.05) is 25.6 Å². The maximum absolute atomic E-state index is 12.0. The van der Waals surface area contributed by atoms with Gasteiger partial charge in [0.2, 0.25) is 0 Å². The van der Waals surface area contributed by atoms with Gasteiger partial charge in [0.05, 0.1) is 24.2 Å². The monoisotopic (exact) mass is 291 g/mol. The number of hydrogen-bond donors (Lipinski definition) is 2. The van der Waals surface area contributed by atoms with Crippen LogP contribution in [0.2, 0.25) is 0 Å². The first kappa shape index (κ1) is 16.5. The lowest BCUT2D eigenvalue weighted by molar-refractivity contribution is -0.139. The van der Waals surface area contributed by atoms with Gasteiger partial charge in [0, 0.05) is 26.4 Å². The number of benzene rings is 1. The second-order valence-corrected chi connectivity index (χ2v) is 4.36. The number of nitriles is 1. The first-order chi connectivity index (χ1) is 9.97. The van der Waals surface area contributed by atoms with Gasteiger partial charge in [0.15, 0.2) is 0 Å². The fraction of sp³-hybridized carbons (Fsp3) is 0.357. The van der Waals surface area contributed by atoms with Gasteiger partial charge in [-0.05, 0) is 18.2 Å². The van der Waals surface area contributed by atoms with Crippen molar-refractivity contribution in [2.24, 2.45) is 0 Å². The Morgan fingerprint density at radius 2 is 2.24 bits per heavy atom. The maximum Gasteiger partial charge on any atom is 0.321 e. The zero-order chi connectivity index (χ0) is 15.8. The zero-order valence-electron chi connectivity index (χ0n) is 11.9. The normalized spacial score (nSPS) is 11.3. The summed E-state index contributed by atoms with van der Waals surface area (Å²) in [5.41, 5.74) is 1.02. The predicted molar refractivity (Wildman–Crippen MR) is 76.0 cm³/mol. The molecule has 112 valence electrons. The fourth-order valence-electron chi connectivity index (χ4n) is 1.65. The molecule has 7 nitrogen and oxygen atoms in total. The standard InChI is InChI=1S/C14H17N3O4/c1-17(11-5-3-4-10(6-11)8-15)14(20)16-9-12(21-2)7-13(18)19/h3-6,12H,7,9H2,1-2H3,(H,16,20)(H,18,19). The molecule has 2 N–H and O–H groups in total. The van der Waals surface area contributed by atoms with E-state index in [4.69, 9.17) is 15.1 Å². The van der Waals surface area contributed by atoms with Crippen LogP contribution in [0.3, 0.4) is 0 Å². The van der Waals surface area contributed by atoms with Crippen molar-refractivity contribution in [3.8, 4) is 6.07 Å². The van der Waals surface area contributed by atoms with Crippen molar-refractivity contribution >= 4 is 17.7 Å². The van der Waals surface area contributed by atoms with E-state index in [1.807, 2.05) is 6.07 Å². The minimum absolute atomic E-state index is 0.0872. The third-order valence-corrected chi connectivity index (χ3v) is 2.88. The average molecular weight is 291 g/mol. The maximum atomic E-state index is 12.0. The molecule has 0 aromatic heterocycles. The van der Waals surface area contributed by atoms with E-state index in [1.54, 1.807) is 31.3 Å². The SMILES string of the molecule is COC(CNC(=O)N(C)c1cccc(C#N)c1)CC(=O)O. The molecule has 0 fully saturated rings. The Bertz CT molecular complexity index is 553. The number of carboxylic acid groups (broad SMARTS) is 1. The van der Waals surface area contributed by atoms with E-state index < -0.39 is 18.1 Å². The molecule has 0 aliphatic heterocycles. The van der Waals surface area contributed by atoms with Crippen LogP contribution in [0.1, 0.15) is 12.0 Å². The Balaban J connectivity index is 2.62. The van der Waals surface area contributed by atoms with Crippen molar-refractivity contribution in [1.29, 1.82) is 5.26 Å². The third-order valence-electron chi connectivity index (χ3n) is 2.88. The van der Waals surface area contributed by atoms with Crippen LogP contribution < -0.4 is 10.2 Å². The molecule has 0 aliphatic carbocycles. The van der Waals surface area contributed by atoms with Crippen molar-refractivity contribution in [3.05, 3.63) is 29.8 Å². The summed E-state index contributed by atoms with van der Waals surface area (Å²) in [6.07, 6.45) is -0.782. The number of carbonyl (C=O) groups is 2. The second kappa shape index (κ2) is 7.87. The molecular formula is C14H17N3O4. The van der Waals surface area contributed by atoms with E-state index in [2.05, 4.69) is 5.32 Å². The molecule has 0 radical (unpaired) electrons. The van der Waals surface area contributed by atoms with E-state index in [-0.39, 0.29) is 13.0 Å². The number of carboxylic acids is 1. The Labute approximate surface area is 122 Å². The van der Waals surface area contributed by atoms with Crippen LogP contribution in [0.4, 0.5) is 10.5 Å². The first-order valence-electron chi connectivity index (χ1n) is 6.24. The number of ether oxygens (including phenoxy) is 1. The Morgan fingerprint density at radius 3 is 2.81 bits per heavy atom. The van der Waals surface area contributed by atoms with Crippen LogP contribution in [0.15, 0.2) is 24.3 Å². The van der Waals surface area contributed by atoms with Crippen LogP contribution in [0.25, 0.3) is 0 Å². The molecule has 0 aliphatic rings. The van der Waals surface area contributed by atoms with Crippen molar-refractivity contribution < 1.29 is 19.4 Å². The Hall–Kier alpha value is -2.59. The highest BCUT2D eigenvalue weighted by Crippen LogP contribution is 2.14. The number of nitrogens with zero attached hydrogens (tertiary/aromatic N) is 2. The topological polar surface area (TPSA) is 103 Å². The minimum atomic E-state index is -0.994. The highest BCUT2D eigenvalue weighted by Gasteiger charge is 2.16. The van der Waals surface area contributed by atoms with Gasteiger partial charge in [-0.1, -0.05) is 6.07 Å². The summed E-state index contributed by atoms with van der Waals surface area (Å²) in [5, 5.41) is 20.1. The van der Waals surface area contributed by atoms with Crippen LogP contribution in [0, 0.1) is 11.3 Å². The van der Waals surface area contributed by atoms with Crippen molar-refractivity contribution in [2.45, 2.75) is 12.5 Å². The number of anilines is 1. The summed E-state index contributed by atoms with van der Waals surface area (Å²) in [7, 11) is 2.95. The number of carbonyl (C=O) groups excluding carboxylic acids is 1. The van der Waals surface area contributed by atoms with E-state index in [9.17, 15) is 9.59 Å². The summed E-state index contributed by atoms with van der Waals surface area (Å²) < 4.78 is 4.98. The number of hydrogen-bond acceptors (Lipinski definition) is 4. The van der Waals surface area contributed by atoms with Gasteiger partial charge in [-0.2, -0.15) is 5.26 Å². The molecule has 1 rings (SSSR count). The van der Waals surface area contributed by atoms with Gasteiger partial charge in [0.1, 0.15) is 0 Å². The number of methoxy groups -OCH3 is 1. The summed E-state index contributed by atoms with van der Waals surface area (Å²) in [4.78, 5) is 23.9. The van der Waals surface area contributed by atoms with E-state index in [0.717, 1.165) is 0 Å². The summed E-state index contributed by atoms with van der Waals surface area (Å²) in [6, 6.07) is 8.20. The molecular weight excluding hydrogens is 274 g/mol. The van der Waals surface area contributed by atoms with Crippen LogP contribution >= 0.6 is 0 Å². The molecule has 0 heterocycles. The van der Waals surface area contributed by atoms with Gasteiger partial charge in [-0.15, -0.1) is 0 Å². The second-order valence-electron chi connectivity index (χ2n) is 4.36. The van der Waals surface area contributed by atoms with Gasteiger partial charge in [-0.3, -0.25) is 9.69 Å². The molecule has 1 aromatic rings. The highest BCUT2D eigenvalue weighted by atomic mass is 16.5. The number of aliphatic carboxylic acids is 1. The zero-order valence-corrected chi connectivity index (χ0v) is 11.9. The van der Waals surface area contributed by atoms with Gasteiger partial charge >= 0.3 is 12.0 Å². The Morgan fingerprint density at radius 1 is 1.52 bits per heavy atom. The fourth-order valence-corrected chi connectivity index (χ4v) is 1.65. The van der Waals surface area contributed by atoms with Crippen molar-refractivity contribution in [3.63, 3.8) is 0 Å². The van der Waals surface area contributed by atoms with Gasteiger partial charge < -0.3 is 15.2 Å². The molecule has 21 heavy (non-hydrogen) atoms. The molecule has 1 unspecified atom stereocenters. The molecule has 1 aromatic carbocycles. The summed E-state index contributed by atoms with van der Waals surface area (Å²) >= 11 is 0. The molecule has 2 amide bonds. The summed E-state index contributed by atoms with van der Waals surface area (Å²) in [5.74, 6) is -0.994. The largest absolute Gasteiger partial charge is 0.481 e. The smallest absolute Gasteiger partial charge is 0.321 e. The lowest BCUT2D eigenvalue weighted by Crippen LogP contribution is -2.42. The number of urea groups is 1. The molecule has 0 saturated heterocycles. The van der Waals surface area contributed by atoms with E-state index >= 15 is 0 Å². The lowest BCUT2D eigenvalue weighted by Gasteiger charge is -2.20. The summed E-state index contributed by atoms with van der Waals surface area (Å²) in [6.45, 7) is 0.0872. The van der Waals surface area contributed by atoms with E-state index in [1.165, 1.54) is 12.0 Å². The molecule has 0 bridgehead atoms. The molecule has 0 saturated carbocycles. The van der Waals surface area contributed by atoms with E-state index in [0.29, 0.717) is 11.3 Å². The molecule has 0 spiro atoms. The highest BCUT2D eigenvalue weighted by molar-refractivity contribution is 5.91. The molecule has 7 heteroatoms. The lowest BCUT2D eigenvalue weighted by atomic mass is 10.2. The first-order valence-corrected chi connectivity index (χ1v) is 6.24. The average Bonchev–Trinajstić information content (AvgIpc) is 2.49. The number of nitrogens with one attached hydrogen (secondary N) is 1. The van der Waals surface area contributed by atoms with Crippen LogP contribution in [-0.2, 0) is 9.53 Å². The quantitative estimate of drug-likeness (QED) is 0.819. The third kappa shape index (κ3) is 5.12. The number of rotatable bonds is 6. The van der Waals surface area contributed by atoms with Crippen LogP contribution in [-0.4, -0.2) is 43.9 Å². The minimum Gasteiger partial charge on any atom is -0.481 e. The van der Waals surface area contributed by atoms with Crippen LogP contribution in [0.5, 0.6) is 0 Å². The predicted octanol–water partition coefficient (Wildman–Crippen LogP) is 1.19. The van der Waals surface area contributed by atoms with Gasteiger partial charge in [0.25, 0.3) is 0 Å². The van der Waals surface area contributed by atoms with Gasteiger partial charge in [-0.25, -0.2) is 4.79 Å². The number of amides is 2.